The molecule has 0 fully saturated rings. The number of carboxylic acid groups (broad SMARTS) is 1. The van der Waals surface area contributed by atoms with Crippen molar-refractivity contribution in [3.05, 3.63) is 109 Å². The minimum absolute atomic E-state index is 0.00281. The monoisotopic (exact) mass is 721 g/mol. The van der Waals surface area contributed by atoms with Crippen LogP contribution in [0.3, 0.4) is 0 Å². The number of ether oxygens (including phenoxy) is 3. The average Bonchev–Trinajstić information content (AvgIpc) is 3.09. The van der Waals surface area contributed by atoms with Gasteiger partial charge in [-0.1, -0.05) is 130 Å². The highest BCUT2D eigenvalue weighted by atomic mass is 16.6. The lowest BCUT2D eigenvalue weighted by Crippen LogP contribution is -2.55. The maximum Gasteiger partial charge on any atom is 0.306 e. The van der Waals surface area contributed by atoms with E-state index in [0.717, 1.165) is 51.4 Å². The highest BCUT2D eigenvalue weighted by Crippen LogP contribution is 2.10. The SMILES string of the molecule is CC/C=C/C=C/C=C/C=C/C=C/C=C/CCCCCC(=O)OCC(COCCC(C(=O)[O-])[N+](C)(C)C)OC(=O)CCC/C=C/C/C=C/C/C=C/CC. The first-order valence-corrected chi connectivity index (χ1v) is 19.0. The first-order chi connectivity index (χ1) is 25.1. The molecular weight excluding hydrogens is 654 g/mol. The summed E-state index contributed by atoms with van der Waals surface area (Å²) in [7, 11) is 5.34. The number of carbonyl (C=O) groups excluding carboxylic acids is 3. The van der Waals surface area contributed by atoms with Gasteiger partial charge in [0.25, 0.3) is 0 Å². The molecule has 0 rings (SSSR count). The van der Waals surface area contributed by atoms with Crippen LogP contribution in [0.4, 0.5) is 0 Å². The Morgan fingerprint density at radius 3 is 1.73 bits per heavy atom. The van der Waals surface area contributed by atoms with Gasteiger partial charge in [-0.3, -0.25) is 9.59 Å². The molecule has 0 amide bonds. The number of unbranched alkanes of at least 4 members (excludes halogenated alkanes) is 4. The second-order valence-electron chi connectivity index (χ2n) is 13.2. The number of rotatable bonds is 31. The predicted molar refractivity (Wildman–Crippen MR) is 212 cm³/mol. The molecule has 0 radical (unpaired) electrons. The number of aliphatic carboxylic acids is 1. The van der Waals surface area contributed by atoms with E-state index in [-0.39, 0.29) is 55.5 Å². The maximum absolute atomic E-state index is 12.6. The molecule has 0 saturated heterocycles. The molecule has 0 aliphatic heterocycles. The van der Waals surface area contributed by atoms with E-state index in [2.05, 4.69) is 62.5 Å². The van der Waals surface area contributed by atoms with Crippen LogP contribution in [0.15, 0.2) is 109 Å². The van der Waals surface area contributed by atoms with Gasteiger partial charge in [0.05, 0.1) is 40.3 Å². The van der Waals surface area contributed by atoms with Crippen LogP contribution < -0.4 is 5.11 Å². The number of quaternary nitrogens is 1. The molecular formula is C44H67NO7. The number of hydrogen-bond acceptors (Lipinski definition) is 7. The van der Waals surface area contributed by atoms with Gasteiger partial charge in [-0.05, 0) is 57.8 Å². The predicted octanol–water partition coefficient (Wildman–Crippen LogP) is 8.40. The molecule has 0 aliphatic rings. The van der Waals surface area contributed by atoms with Crippen molar-refractivity contribution in [2.75, 3.05) is 41.0 Å². The van der Waals surface area contributed by atoms with Crippen LogP contribution in [0, 0.1) is 0 Å². The summed E-state index contributed by atoms with van der Waals surface area (Å²) in [6.07, 6.45) is 45.6. The zero-order valence-corrected chi connectivity index (χ0v) is 32.7. The number of hydrogen-bond donors (Lipinski definition) is 0. The molecule has 0 bridgehead atoms. The van der Waals surface area contributed by atoms with Gasteiger partial charge in [-0.15, -0.1) is 0 Å². The molecule has 2 atom stereocenters. The number of carboxylic acids is 1. The van der Waals surface area contributed by atoms with Crippen molar-refractivity contribution in [2.45, 2.75) is 109 Å². The number of nitrogens with zero attached hydrogens (tertiary/aromatic N) is 1. The van der Waals surface area contributed by atoms with E-state index < -0.39 is 18.1 Å². The first kappa shape index (κ1) is 48.0. The fourth-order valence-electron chi connectivity index (χ4n) is 4.65. The average molecular weight is 722 g/mol. The van der Waals surface area contributed by atoms with Crippen LogP contribution >= 0.6 is 0 Å². The topological polar surface area (TPSA) is 102 Å². The summed E-state index contributed by atoms with van der Waals surface area (Å²) in [5, 5.41) is 11.6. The van der Waals surface area contributed by atoms with Crippen molar-refractivity contribution >= 4 is 17.9 Å². The normalized spacial score (nSPS) is 14.2. The lowest BCUT2D eigenvalue weighted by atomic mass is 10.1. The van der Waals surface area contributed by atoms with Crippen molar-refractivity contribution in [3.63, 3.8) is 0 Å². The Balaban J connectivity index is 4.60. The number of likely N-dealkylation sites (N-methyl/N-ethyl adjacent to an activating group) is 1. The number of carbonyl (C=O) groups is 3. The van der Waals surface area contributed by atoms with Gasteiger partial charge < -0.3 is 28.6 Å². The van der Waals surface area contributed by atoms with Crippen molar-refractivity contribution < 1.29 is 38.2 Å². The minimum Gasteiger partial charge on any atom is -0.544 e. The van der Waals surface area contributed by atoms with Crippen LogP contribution in [-0.4, -0.2) is 75.5 Å². The van der Waals surface area contributed by atoms with Crippen LogP contribution in [0.5, 0.6) is 0 Å². The van der Waals surface area contributed by atoms with Crippen LogP contribution in [-0.2, 0) is 28.6 Å². The zero-order valence-electron chi connectivity index (χ0n) is 32.7. The van der Waals surface area contributed by atoms with Crippen molar-refractivity contribution in [1.82, 2.24) is 0 Å². The quantitative estimate of drug-likeness (QED) is 0.0233. The molecule has 0 N–H and O–H groups in total. The standard InChI is InChI=1S/C44H67NO7/c1-6-8-10-12-14-16-18-19-20-21-22-23-25-26-28-30-32-34-42(46)51-39-40(38-50-37-36-41(44(48)49)45(3,4)5)52-43(47)35-33-31-29-27-24-17-15-13-11-9-7-2/h8-12,14-23,25,27,29,40-41H,6-7,13,24,26,28,30-39H2,1-5H3/b10-8+,11-9+,14-12+,17-15+,18-16+,20-19+,22-21+,25-23+,29-27+. The molecule has 0 saturated carbocycles. The van der Waals surface area contributed by atoms with Crippen molar-refractivity contribution in [1.29, 1.82) is 0 Å². The van der Waals surface area contributed by atoms with Gasteiger partial charge >= 0.3 is 11.9 Å². The Bertz CT molecular complexity index is 1210. The number of allylic oxidation sites excluding steroid dienone is 18. The smallest absolute Gasteiger partial charge is 0.306 e. The zero-order chi connectivity index (χ0) is 38.5. The van der Waals surface area contributed by atoms with Gasteiger partial charge in [0.15, 0.2) is 6.10 Å². The fourth-order valence-corrected chi connectivity index (χ4v) is 4.65. The summed E-state index contributed by atoms with van der Waals surface area (Å²) in [5.41, 5.74) is 0. The molecule has 290 valence electrons. The number of esters is 2. The van der Waals surface area contributed by atoms with Gasteiger partial charge in [-0.25, -0.2) is 0 Å². The van der Waals surface area contributed by atoms with Gasteiger partial charge in [0.1, 0.15) is 12.6 Å². The maximum atomic E-state index is 12.6. The second kappa shape index (κ2) is 34.1. The van der Waals surface area contributed by atoms with Crippen LogP contribution in [0.2, 0.25) is 0 Å². The molecule has 8 nitrogen and oxygen atoms in total. The van der Waals surface area contributed by atoms with Gasteiger partial charge in [0, 0.05) is 19.3 Å². The summed E-state index contributed by atoms with van der Waals surface area (Å²) in [6, 6.07) is -0.747. The van der Waals surface area contributed by atoms with Crippen LogP contribution in [0.25, 0.3) is 0 Å². The lowest BCUT2D eigenvalue weighted by Gasteiger charge is -2.34. The molecule has 0 aromatic rings. The van der Waals surface area contributed by atoms with E-state index in [1.54, 1.807) is 21.1 Å². The second-order valence-corrected chi connectivity index (χ2v) is 13.2. The highest BCUT2D eigenvalue weighted by molar-refractivity contribution is 5.70. The Hall–Kier alpha value is -4.01. The van der Waals surface area contributed by atoms with Crippen molar-refractivity contribution in [3.8, 4) is 0 Å². The molecule has 52 heavy (non-hydrogen) atoms. The summed E-state index contributed by atoms with van der Waals surface area (Å²) < 4.78 is 17.0. The first-order valence-electron chi connectivity index (χ1n) is 19.0. The third-order valence-electron chi connectivity index (χ3n) is 7.57. The largest absolute Gasteiger partial charge is 0.544 e. The van der Waals surface area contributed by atoms with E-state index in [0.29, 0.717) is 12.8 Å². The molecule has 8 heteroatoms. The molecule has 2 unspecified atom stereocenters. The van der Waals surface area contributed by atoms with E-state index in [1.807, 2.05) is 60.8 Å². The van der Waals surface area contributed by atoms with E-state index in [1.165, 1.54) is 0 Å². The van der Waals surface area contributed by atoms with Gasteiger partial charge in [0.2, 0.25) is 0 Å². The molecule has 0 heterocycles. The molecule has 0 aromatic heterocycles. The molecule has 0 spiro atoms. The van der Waals surface area contributed by atoms with E-state index in [9.17, 15) is 19.5 Å². The Morgan fingerprint density at radius 1 is 0.596 bits per heavy atom. The van der Waals surface area contributed by atoms with Gasteiger partial charge in [-0.2, -0.15) is 0 Å². The minimum atomic E-state index is -1.15. The molecule has 0 aliphatic carbocycles. The highest BCUT2D eigenvalue weighted by Gasteiger charge is 2.25. The lowest BCUT2D eigenvalue weighted by molar-refractivity contribution is -0.889. The van der Waals surface area contributed by atoms with E-state index >= 15 is 0 Å². The third-order valence-corrected chi connectivity index (χ3v) is 7.57. The Labute approximate surface area is 315 Å². The Kier molecular flexibility index (Phi) is 31.5. The summed E-state index contributed by atoms with van der Waals surface area (Å²) >= 11 is 0. The summed E-state index contributed by atoms with van der Waals surface area (Å²) in [4.78, 5) is 36.6. The summed E-state index contributed by atoms with van der Waals surface area (Å²) in [6.45, 7) is 4.24. The van der Waals surface area contributed by atoms with Crippen LogP contribution in [0.1, 0.15) is 97.3 Å². The molecule has 0 aromatic carbocycles. The Morgan fingerprint density at radius 2 is 1.13 bits per heavy atom. The summed E-state index contributed by atoms with van der Waals surface area (Å²) in [5.74, 6) is -1.89. The fraction of sp³-hybridized carbons (Fsp3) is 0.523. The third kappa shape index (κ3) is 31.9. The van der Waals surface area contributed by atoms with E-state index in [4.69, 9.17) is 14.2 Å². The van der Waals surface area contributed by atoms with Crippen molar-refractivity contribution in [2.24, 2.45) is 0 Å².